The van der Waals surface area contributed by atoms with Gasteiger partial charge in [-0.25, -0.2) is 4.79 Å². The molecule has 0 rings (SSSR count). The summed E-state index contributed by atoms with van der Waals surface area (Å²) in [6.07, 6.45) is -0.405. The predicted molar refractivity (Wildman–Crippen MR) is 125 cm³/mol. The molecule has 35 heavy (non-hydrogen) atoms. The van der Waals surface area contributed by atoms with E-state index in [9.17, 15) is 39.0 Å². The number of hydrogen-bond acceptors (Lipinski definition) is 10. The number of hydrogen-bond donors (Lipinski definition) is 10. The maximum absolute atomic E-state index is 12.6. The molecule has 200 valence electrons. The molecule has 0 saturated heterocycles. The molecule has 0 fully saturated rings. The second-order valence-electron chi connectivity index (χ2n) is 8.04. The smallest absolute Gasteiger partial charge is 0.327 e. The van der Waals surface area contributed by atoms with Crippen LogP contribution in [0.15, 0.2) is 0 Å². The van der Waals surface area contributed by atoms with Gasteiger partial charge in [0, 0.05) is 5.75 Å². The third-order valence-corrected chi connectivity index (χ3v) is 4.89. The summed E-state index contributed by atoms with van der Waals surface area (Å²) in [5, 5.41) is 36.9. The monoisotopic (exact) mass is 522 g/mol. The standard InChI is InChI=1S/C19H34N6O9S/c1-8(2)3-10(16(30)25-13(7-35)19(33)34)22-17(31)12(6-27)24-18(32)11(5-26)23-15(29)9(20)4-14(21)28/h8-13,26-27,35H,3-7,20H2,1-2H3,(H2,21,28)(H,22,31)(H,23,29)(H,24,32)(H,25,30)(H,33,34)/t9-,10-,11-,12-,13-/m0/s1. The normalized spacial score (nSPS) is 15.2. The van der Waals surface area contributed by atoms with Crippen molar-refractivity contribution in [2.24, 2.45) is 17.4 Å². The van der Waals surface area contributed by atoms with Crippen molar-refractivity contribution in [2.75, 3.05) is 19.0 Å². The van der Waals surface area contributed by atoms with Crippen LogP contribution in [-0.2, 0) is 28.8 Å². The van der Waals surface area contributed by atoms with E-state index in [0.717, 1.165) is 0 Å². The molecule has 0 aliphatic carbocycles. The predicted octanol–water partition coefficient (Wildman–Crippen LogP) is -4.83. The van der Waals surface area contributed by atoms with Crippen LogP contribution in [0.25, 0.3) is 0 Å². The number of aliphatic carboxylic acids is 1. The van der Waals surface area contributed by atoms with Gasteiger partial charge in [-0.15, -0.1) is 0 Å². The zero-order valence-corrected chi connectivity index (χ0v) is 20.3. The van der Waals surface area contributed by atoms with Crippen LogP contribution < -0.4 is 32.7 Å². The van der Waals surface area contributed by atoms with E-state index in [1.54, 1.807) is 13.8 Å². The van der Waals surface area contributed by atoms with Crippen LogP contribution in [0.2, 0.25) is 0 Å². The SMILES string of the molecule is CC(C)C[C@H](NC(=O)[C@H](CO)NC(=O)[C@H](CO)NC(=O)[C@@H](N)CC(N)=O)C(=O)N[C@@H](CS)C(=O)O. The van der Waals surface area contributed by atoms with Gasteiger partial charge in [0.1, 0.15) is 24.2 Å². The van der Waals surface area contributed by atoms with Gasteiger partial charge in [-0.1, -0.05) is 13.8 Å². The summed E-state index contributed by atoms with van der Waals surface area (Å²) in [7, 11) is 0. The fourth-order valence-electron chi connectivity index (χ4n) is 2.68. The summed E-state index contributed by atoms with van der Waals surface area (Å²) in [6, 6.07) is -7.05. The number of carbonyl (C=O) groups excluding carboxylic acids is 5. The Hall–Kier alpha value is -2.95. The molecule has 5 atom stereocenters. The topological polar surface area (TPSA) is 263 Å². The van der Waals surface area contributed by atoms with Crippen molar-refractivity contribution in [3.05, 3.63) is 0 Å². The van der Waals surface area contributed by atoms with Gasteiger partial charge in [0.25, 0.3) is 0 Å². The van der Waals surface area contributed by atoms with E-state index in [-0.39, 0.29) is 18.1 Å². The maximum Gasteiger partial charge on any atom is 0.327 e. The van der Waals surface area contributed by atoms with Crippen LogP contribution in [0, 0.1) is 5.92 Å². The number of carboxylic acids is 1. The molecule has 0 aromatic heterocycles. The number of nitrogens with two attached hydrogens (primary N) is 2. The summed E-state index contributed by atoms with van der Waals surface area (Å²) >= 11 is 3.86. The number of carbonyl (C=O) groups is 6. The van der Waals surface area contributed by atoms with Crippen LogP contribution in [0.3, 0.4) is 0 Å². The van der Waals surface area contributed by atoms with Crippen molar-refractivity contribution in [2.45, 2.75) is 56.9 Å². The lowest BCUT2D eigenvalue weighted by molar-refractivity contribution is -0.141. The number of thiol groups is 1. The minimum absolute atomic E-state index is 0.105. The summed E-state index contributed by atoms with van der Waals surface area (Å²) in [4.78, 5) is 71.6. The highest BCUT2D eigenvalue weighted by molar-refractivity contribution is 7.80. The molecule has 0 aromatic rings. The molecule has 15 nitrogen and oxygen atoms in total. The number of carboxylic acid groups (broad SMARTS) is 1. The van der Waals surface area contributed by atoms with Crippen LogP contribution in [0.1, 0.15) is 26.7 Å². The Morgan fingerprint density at radius 2 is 1.17 bits per heavy atom. The van der Waals surface area contributed by atoms with Crippen LogP contribution >= 0.6 is 12.6 Å². The van der Waals surface area contributed by atoms with E-state index in [1.807, 2.05) is 0 Å². The molecule has 0 radical (unpaired) electrons. The van der Waals surface area contributed by atoms with Crippen molar-refractivity contribution < 1.29 is 44.1 Å². The number of aliphatic hydroxyl groups is 2. The van der Waals surface area contributed by atoms with Gasteiger partial charge in [-0.2, -0.15) is 12.6 Å². The van der Waals surface area contributed by atoms with E-state index in [4.69, 9.17) is 16.6 Å². The number of amides is 5. The van der Waals surface area contributed by atoms with E-state index in [1.165, 1.54) is 0 Å². The zero-order chi connectivity index (χ0) is 27.3. The molecule has 5 amide bonds. The fourth-order valence-corrected chi connectivity index (χ4v) is 2.93. The van der Waals surface area contributed by atoms with E-state index in [0.29, 0.717) is 0 Å². The second kappa shape index (κ2) is 15.9. The molecule has 0 aromatic carbocycles. The number of nitrogens with one attached hydrogen (secondary N) is 4. The lowest BCUT2D eigenvalue weighted by atomic mass is 10.0. The minimum Gasteiger partial charge on any atom is -0.480 e. The Balaban J connectivity index is 5.32. The number of primary amides is 1. The summed E-state index contributed by atoms with van der Waals surface area (Å²) in [5.41, 5.74) is 10.4. The highest BCUT2D eigenvalue weighted by Crippen LogP contribution is 2.06. The first-order chi connectivity index (χ1) is 16.3. The van der Waals surface area contributed by atoms with Gasteiger partial charge in [0.2, 0.25) is 29.5 Å². The summed E-state index contributed by atoms with van der Waals surface area (Å²) in [5.74, 6) is -6.30. The molecule has 0 saturated carbocycles. The Morgan fingerprint density at radius 1 is 0.771 bits per heavy atom. The first kappa shape index (κ1) is 32.0. The molecule has 11 N–H and O–H groups in total. The van der Waals surface area contributed by atoms with Crippen molar-refractivity contribution in [3.8, 4) is 0 Å². The molecule has 0 aliphatic rings. The summed E-state index contributed by atoms with van der Waals surface area (Å²) < 4.78 is 0. The van der Waals surface area contributed by atoms with Crippen molar-refractivity contribution >= 4 is 48.1 Å². The molecular formula is C19H34N6O9S. The molecule has 0 bridgehead atoms. The third kappa shape index (κ3) is 11.8. The van der Waals surface area contributed by atoms with Gasteiger partial charge >= 0.3 is 5.97 Å². The minimum atomic E-state index is -1.59. The van der Waals surface area contributed by atoms with Gasteiger partial charge in [0.15, 0.2) is 0 Å². The Kier molecular flexibility index (Phi) is 14.5. The average molecular weight is 523 g/mol. The third-order valence-electron chi connectivity index (χ3n) is 4.53. The van der Waals surface area contributed by atoms with Gasteiger partial charge < -0.3 is 48.1 Å². The number of rotatable bonds is 16. The molecule has 0 aliphatic heterocycles. The second-order valence-corrected chi connectivity index (χ2v) is 8.40. The van der Waals surface area contributed by atoms with E-state index in [2.05, 4.69) is 33.9 Å². The lowest BCUT2D eigenvalue weighted by Gasteiger charge is -2.25. The lowest BCUT2D eigenvalue weighted by Crippen LogP contribution is -2.60. The van der Waals surface area contributed by atoms with E-state index >= 15 is 0 Å². The van der Waals surface area contributed by atoms with E-state index < -0.39 is 85.3 Å². The maximum atomic E-state index is 12.6. The van der Waals surface area contributed by atoms with Crippen molar-refractivity contribution in [3.63, 3.8) is 0 Å². The quantitative estimate of drug-likeness (QED) is 0.0864. The summed E-state index contributed by atoms with van der Waals surface area (Å²) in [6.45, 7) is 1.69. The average Bonchev–Trinajstić information content (AvgIpc) is 2.76. The van der Waals surface area contributed by atoms with Crippen LogP contribution in [0.4, 0.5) is 0 Å². The first-order valence-corrected chi connectivity index (χ1v) is 11.2. The Labute approximate surface area is 207 Å². The largest absolute Gasteiger partial charge is 0.480 e. The molecule has 16 heteroatoms. The highest BCUT2D eigenvalue weighted by Gasteiger charge is 2.31. The number of aliphatic hydroxyl groups excluding tert-OH is 2. The molecule has 0 unspecified atom stereocenters. The molecule has 0 heterocycles. The highest BCUT2D eigenvalue weighted by atomic mass is 32.1. The Bertz CT molecular complexity index is 782. The van der Waals surface area contributed by atoms with Crippen LogP contribution in [-0.4, -0.2) is 100 Å². The fraction of sp³-hybridized carbons (Fsp3) is 0.684. The van der Waals surface area contributed by atoms with Crippen LogP contribution in [0.5, 0.6) is 0 Å². The molecule has 0 spiro atoms. The van der Waals surface area contributed by atoms with Crippen molar-refractivity contribution in [1.29, 1.82) is 0 Å². The van der Waals surface area contributed by atoms with Gasteiger partial charge in [0.05, 0.1) is 25.7 Å². The van der Waals surface area contributed by atoms with Gasteiger partial charge in [-0.05, 0) is 12.3 Å². The van der Waals surface area contributed by atoms with Crippen molar-refractivity contribution in [1.82, 2.24) is 21.3 Å². The molecular weight excluding hydrogens is 488 g/mol. The zero-order valence-electron chi connectivity index (χ0n) is 19.4. The van der Waals surface area contributed by atoms with Gasteiger partial charge in [-0.3, -0.25) is 24.0 Å². The Morgan fingerprint density at radius 3 is 1.54 bits per heavy atom. The first-order valence-electron chi connectivity index (χ1n) is 10.6.